The molecule has 0 saturated carbocycles. The molecule has 0 amide bonds. The normalized spacial score (nSPS) is 17.4. The molecule has 1 atom stereocenters. The van der Waals surface area contributed by atoms with Crippen molar-refractivity contribution in [1.29, 1.82) is 0 Å². The number of sulfonamides is 1. The number of hydrogen-bond acceptors (Lipinski definition) is 8. The number of piperidine rings is 1. The highest BCUT2D eigenvalue weighted by molar-refractivity contribution is 7.99. The molecule has 4 rings (SSSR count). The van der Waals surface area contributed by atoms with Crippen LogP contribution in [0.3, 0.4) is 0 Å². The molecule has 1 aliphatic rings. The van der Waals surface area contributed by atoms with Crippen LogP contribution < -0.4 is 0 Å². The fourth-order valence-electron chi connectivity index (χ4n) is 3.96. The third-order valence-corrected chi connectivity index (χ3v) is 8.63. The molecule has 1 aromatic carbocycles. The summed E-state index contributed by atoms with van der Waals surface area (Å²) in [5, 5.41) is 20.8. The lowest BCUT2D eigenvalue weighted by Crippen LogP contribution is -2.39. The van der Waals surface area contributed by atoms with Crippen LogP contribution in [0, 0.1) is 23.0 Å². The van der Waals surface area contributed by atoms with Gasteiger partial charge in [-0.15, -0.1) is 10.2 Å². The van der Waals surface area contributed by atoms with Crippen LogP contribution in [-0.2, 0) is 16.6 Å². The van der Waals surface area contributed by atoms with Crippen LogP contribution in [0.1, 0.15) is 32.4 Å². The average Bonchev–Trinajstić information content (AvgIpc) is 3.38. The largest absolute Gasteiger partial charge is 0.469 e. The van der Waals surface area contributed by atoms with Crippen LogP contribution in [-0.4, -0.2) is 45.5 Å². The second kappa shape index (κ2) is 9.27. The zero-order chi connectivity index (χ0) is 23.8. The standard InChI is InChI=1S/C21H25N5O5S2/c1-4-25-20(17-9-11-31-15(17)3)22-23-21(25)32-19-8-7-16(12-18(19)26(27)28)33(29,30)24-10-5-6-14(2)13-24/h7-9,11-12,14H,4-6,10,13H2,1-3H3. The minimum absolute atomic E-state index is 0.0701. The molecule has 10 nitrogen and oxygen atoms in total. The van der Waals surface area contributed by atoms with Crippen LogP contribution in [0.4, 0.5) is 5.69 Å². The van der Waals surface area contributed by atoms with Crippen molar-refractivity contribution in [1.82, 2.24) is 19.1 Å². The molecule has 0 N–H and O–H groups in total. The van der Waals surface area contributed by atoms with Crippen molar-refractivity contribution in [2.24, 2.45) is 5.92 Å². The number of rotatable bonds is 7. The van der Waals surface area contributed by atoms with E-state index in [1.807, 2.05) is 25.3 Å². The maximum Gasteiger partial charge on any atom is 0.284 e. The topological polar surface area (TPSA) is 124 Å². The van der Waals surface area contributed by atoms with Crippen molar-refractivity contribution in [2.75, 3.05) is 13.1 Å². The molecule has 33 heavy (non-hydrogen) atoms. The number of hydrogen-bond donors (Lipinski definition) is 0. The molecule has 2 aromatic heterocycles. The van der Waals surface area contributed by atoms with Crippen molar-refractivity contribution in [3.05, 3.63) is 46.4 Å². The van der Waals surface area contributed by atoms with Gasteiger partial charge in [0.25, 0.3) is 5.69 Å². The molecule has 1 fully saturated rings. The summed E-state index contributed by atoms with van der Waals surface area (Å²) in [4.78, 5) is 11.5. The molecule has 0 radical (unpaired) electrons. The maximum absolute atomic E-state index is 13.1. The van der Waals surface area contributed by atoms with Crippen LogP contribution in [0.5, 0.6) is 0 Å². The highest BCUT2D eigenvalue weighted by Crippen LogP contribution is 2.38. The zero-order valence-electron chi connectivity index (χ0n) is 18.6. The number of aromatic nitrogens is 3. The fraction of sp³-hybridized carbons (Fsp3) is 0.429. The number of benzene rings is 1. The van der Waals surface area contributed by atoms with E-state index in [0.29, 0.717) is 41.3 Å². The summed E-state index contributed by atoms with van der Waals surface area (Å²) in [6, 6.07) is 5.84. The molecule has 0 bridgehead atoms. The summed E-state index contributed by atoms with van der Waals surface area (Å²) in [6.45, 7) is 7.14. The number of aryl methyl sites for hydroxylation is 1. The minimum Gasteiger partial charge on any atom is -0.469 e. The summed E-state index contributed by atoms with van der Waals surface area (Å²) < 4.78 is 34.8. The van der Waals surface area contributed by atoms with Gasteiger partial charge in [0.05, 0.1) is 26.5 Å². The molecule has 3 aromatic rings. The summed E-state index contributed by atoms with van der Waals surface area (Å²) in [7, 11) is -3.81. The van der Waals surface area contributed by atoms with Crippen LogP contribution in [0.2, 0.25) is 0 Å². The molecular formula is C21H25N5O5S2. The SMILES string of the molecule is CCn1c(Sc2ccc(S(=O)(=O)N3CCCC(C)C3)cc2[N+](=O)[O-])nnc1-c1ccoc1C. The molecule has 1 saturated heterocycles. The maximum atomic E-state index is 13.1. The lowest BCUT2D eigenvalue weighted by Gasteiger charge is -2.30. The highest BCUT2D eigenvalue weighted by Gasteiger charge is 2.31. The Morgan fingerprint density at radius 3 is 2.73 bits per heavy atom. The van der Waals surface area contributed by atoms with E-state index in [0.717, 1.165) is 36.2 Å². The fourth-order valence-corrected chi connectivity index (χ4v) is 6.56. The van der Waals surface area contributed by atoms with E-state index < -0.39 is 14.9 Å². The average molecular weight is 492 g/mol. The first-order valence-corrected chi connectivity index (χ1v) is 12.9. The van der Waals surface area contributed by atoms with Gasteiger partial charge in [-0.3, -0.25) is 10.1 Å². The number of furan rings is 1. The lowest BCUT2D eigenvalue weighted by atomic mass is 10.0. The van der Waals surface area contributed by atoms with E-state index >= 15 is 0 Å². The Labute approximate surface area is 196 Å². The summed E-state index contributed by atoms with van der Waals surface area (Å²) in [6.07, 6.45) is 3.32. The van der Waals surface area contributed by atoms with Crippen LogP contribution >= 0.6 is 11.8 Å². The van der Waals surface area contributed by atoms with Gasteiger partial charge in [0.2, 0.25) is 10.0 Å². The molecule has 0 spiro atoms. The quantitative estimate of drug-likeness (QED) is 0.353. The Balaban J connectivity index is 1.68. The molecular weight excluding hydrogens is 466 g/mol. The molecule has 3 heterocycles. The van der Waals surface area contributed by atoms with E-state index in [2.05, 4.69) is 10.2 Å². The first kappa shape index (κ1) is 23.5. The monoisotopic (exact) mass is 491 g/mol. The Hall–Kier alpha value is -2.70. The summed E-state index contributed by atoms with van der Waals surface area (Å²) in [5.41, 5.74) is 0.515. The third kappa shape index (κ3) is 4.55. The first-order chi connectivity index (χ1) is 15.7. The second-order valence-corrected chi connectivity index (χ2v) is 11.0. The smallest absolute Gasteiger partial charge is 0.284 e. The predicted octanol–water partition coefficient (Wildman–Crippen LogP) is 4.35. The van der Waals surface area contributed by atoms with Crippen LogP contribution in [0.25, 0.3) is 11.4 Å². The molecule has 1 aliphatic heterocycles. The van der Waals surface area contributed by atoms with Gasteiger partial charge in [0, 0.05) is 25.7 Å². The predicted molar refractivity (Wildman–Crippen MR) is 123 cm³/mol. The lowest BCUT2D eigenvalue weighted by molar-refractivity contribution is -0.388. The molecule has 1 unspecified atom stereocenters. The number of nitrogens with zero attached hydrogens (tertiary/aromatic N) is 5. The van der Waals surface area contributed by atoms with Crippen molar-refractivity contribution < 1.29 is 17.8 Å². The minimum atomic E-state index is -3.81. The summed E-state index contributed by atoms with van der Waals surface area (Å²) in [5.74, 6) is 1.56. The van der Waals surface area contributed by atoms with Crippen molar-refractivity contribution in [2.45, 2.75) is 55.1 Å². The van der Waals surface area contributed by atoms with Crippen molar-refractivity contribution in [3.63, 3.8) is 0 Å². The second-order valence-electron chi connectivity index (χ2n) is 8.04. The number of nitro benzene ring substituents is 1. The van der Waals surface area contributed by atoms with E-state index in [9.17, 15) is 18.5 Å². The van der Waals surface area contributed by atoms with Gasteiger partial charge in [-0.1, -0.05) is 6.92 Å². The first-order valence-electron chi connectivity index (χ1n) is 10.7. The van der Waals surface area contributed by atoms with Gasteiger partial charge in [-0.05, 0) is 62.6 Å². The van der Waals surface area contributed by atoms with Gasteiger partial charge < -0.3 is 8.98 Å². The van der Waals surface area contributed by atoms with Gasteiger partial charge in [-0.25, -0.2) is 8.42 Å². The molecule has 176 valence electrons. The highest BCUT2D eigenvalue weighted by atomic mass is 32.2. The van der Waals surface area contributed by atoms with Gasteiger partial charge in [0.1, 0.15) is 5.76 Å². The number of nitro groups is 1. The van der Waals surface area contributed by atoms with Gasteiger partial charge in [0.15, 0.2) is 11.0 Å². The van der Waals surface area contributed by atoms with Crippen LogP contribution in [0.15, 0.2) is 49.9 Å². The van der Waals surface area contributed by atoms with E-state index in [1.54, 1.807) is 12.3 Å². The van der Waals surface area contributed by atoms with E-state index in [1.165, 1.54) is 16.4 Å². The molecule has 12 heteroatoms. The Morgan fingerprint density at radius 2 is 2.09 bits per heavy atom. The van der Waals surface area contributed by atoms with E-state index in [4.69, 9.17) is 4.42 Å². The van der Waals surface area contributed by atoms with Gasteiger partial charge >= 0.3 is 0 Å². The Kier molecular flexibility index (Phi) is 6.59. The van der Waals surface area contributed by atoms with Crippen molar-refractivity contribution in [3.8, 4) is 11.4 Å². The van der Waals surface area contributed by atoms with Gasteiger partial charge in [-0.2, -0.15) is 4.31 Å². The Bertz CT molecular complexity index is 1280. The zero-order valence-corrected chi connectivity index (χ0v) is 20.2. The summed E-state index contributed by atoms with van der Waals surface area (Å²) >= 11 is 1.08. The third-order valence-electron chi connectivity index (χ3n) is 5.72. The van der Waals surface area contributed by atoms with Crippen molar-refractivity contribution >= 4 is 27.5 Å². The van der Waals surface area contributed by atoms with E-state index in [-0.39, 0.29) is 16.5 Å². The Morgan fingerprint density at radius 1 is 1.30 bits per heavy atom. The molecule has 0 aliphatic carbocycles.